The number of nitrogens with one attached hydrogen (secondary N) is 1. The molecule has 0 aromatic heterocycles. The number of aliphatic imine (C=N–C) groups is 1. The van der Waals surface area contributed by atoms with Gasteiger partial charge in [-0.2, -0.15) is 0 Å². The van der Waals surface area contributed by atoms with Crippen LogP contribution in [0.15, 0.2) is 33.7 Å². The molecule has 4 nitrogen and oxygen atoms in total. The summed E-state index contributed by atoms with van der Waals surface area (Å²) in [7, 11) is 2.10. The van der Waals surface area contributed by atoms with Crippen molar-refractivity contribution in [3.63, 3.8) is 0 Å². The average molecular weight is 482 g/mol. The molecule has 0 aliphatic carbocycles. The van der Waals surface area contributed by atoms with Crippen molar-refractivity contribution in [2.24, 2.45) is 10.9 Å². The topological polar surface area (TPSA) is 36.9 Å². The van der Waals surface area contributed by atoms with Gasteiger partial charge in [0, 0.05) is 37.1 Å². The molecule has 1 atom stereocenters. The number of ether oxygens (including phenoxy) is 1. The summed E-state index contributed by atoms with van der Waals surface area (Å²) >= 11 is 3.50. The van der Waals surface area contributed by atoms with E-state index in [0.29, 0.717) is 12.5 Å². The Morgan fingerprint density at radius 1 is 1.50 bits per heavy atom. The number of benzene rings is 1. The molecule has 1 N–H and O–H groups in total. The number of rotatable bonds is 5. The zero-order valence-corrected chi connectivity index (χ0v) is 17.1. The SMILES string of the molecule is CCNC(=NCc1cccc(Br)c1)N(C)CC1CCOC1.I. The second kappa shape index (κ2) is 10.4. The molecule has 124 valence electrons. The Balaban J connectivity index is 0.00000242. The van der Waals surface area contributed by atoms with Gasteiger partial charge in [0.05, 0.1) is 13.2 Å². The monoisotopic (exact) mass is 481 g/mol. The minimum atomic E-state index is 0. The highest BCUT2D eigenvalue weighted by molar-refractivity contribution is 14.0. The molecule has 22 heavy (non-hydrogen) atoms. The zero-order valence-electron chi connectivity index (χ0n) is 13.2. The van der Waals surface area contributed by atoms with Gasteiger partial charge >= 0.3 is 0 Å². The van der Waals surface area contributed by atoms with Crippen molar-refractivity contribution in [2.45, 2.75) is 19.9 Å². The molecule has 2 rings (SSSR count). The molecule has 1 fully saturated rings. The van der Waals surface area contributed by atoms with E-state index in [-0.39, 0.29) is 24.0 Å². The molecular weight excluding hydrogens is 457 g/mol. The maximum atomic E-state index is 5.45. The molecule has 0 radical (unpaired) electrons. The van der Waals surface area contributed by atoms with E-state index < -0.39 is 0 Å². The van der Waals surface area contributed by atoms with Gasteiger partial charge in [0.1, 0.15) is 0 Å². The van der Waals surface area contributed by atoms with Crippen molar-refractivity contribution < 1.29 is 4.74 Å². The van der Waals surface area contributed by atoms with Crippen molar-refractivity contribution in [1.82, 2.24) is 10.2 Å². The van der Waals surface area contributed by atoms with Crippen molar-refractivity contribution in [3.8, 4) is 0 Å². The van der Waals surface area contributed by atoms with Crippen LogP contribution in [0.4, 0.5) is 0 Å². The minimum Gasteiger partial charge on any atom is -0.381 e. The fourth-order valence-electron chi connectivity index (χ4n) is 2.47. The van der Waals surface area contributed by atoms with Crippen molar-refractivity contribution >= 4 is 45.9 Å². The van der Waals surface area contributed by atoms with Crippen LogP contribution >= 0.6 is 39.9 Å². The molecule has 0 saturated carbocycles. The molecule has 1 aromatic carbocycles. The number of guanidine groups is 1. The number of nitrogens with zero attached hydrogens (tertiary/aromatic N) is 2. The van der Waals surface area contributed by atoms with Crippen molar-refractivity contribution in [3.05, 3.63) is 34.3 Å². The maximum absolute atomic E-state index is 5.45. The van der Waals surface area contributed by atoms with Gasteiger partial charge in [0.25, 0.3) is 0 Å². The Morgan fingerprint density at radius 3 is 2.95 bits per heavy atom. The van der Waals surface area contributed by atoms with Crippen LogP contribution < -0.4 is 5.32 Å². The summed E-state index contributed by atoms with van der Waals surface area (Å²) in [6, 6.07) is 8.28. The molecule has 1 aliphatic rings. The Kier molecular flexibility index (Phi) is 9.35. The van der Waals surface area contributed by atoms with E-state index in [9.17, 15) is 0 Å². The minimum absolute atomic E-state index is 0. The second-order valence-corrected chi connectivity index (χ2v) is 6.33. The lowest BCUT2D eigenvalue weighted by molar-refractivity contribution is 0.181. The molecule has 0 spiro atoms. The van der Waals surface area contributed by atoms with Gasteiger partial charge in [0.15, 0.2) is 5.96 Å². The Morgan fingerprint density at radius 2 is 2.32 bits per heavy atom. The van der Waals surface area contributed by atoms with Crippen LogP contribution in [0.25, 0.3) is 0 Å². The first-order valence-corrected chi connectivity index (χ1v) is 8.30. The van der Waals surface area contributed by atoms with Gasteiger partial charge in [-0.15, -0.1) is 24.0 Å². The van der Waals surface area contributed by atoms with Crippen LogP contribution in [0.2, 0.25) is 0 Å². The first kappa shape index (κ1) is 19.7. The zero-order chi connectivity index (χ0) is 15.1. The van der Waals surface area contributed by atoms with Crippen LogP contribution in [0, 0.1) is 5.92 Å². The summed E-state index contributed by atoms with van der Waals surface area (Å²) in [5.41, 5.74) is 1.21. The molecule has 6 heteroatoms. The van der Waals surface area contributed by atoms with Crippen molar-refractivity contribution in [1.29, 1.82) is 0 Å². The van der Waals surface area contributed by atoms with E-state index in [0.717, 1.165) is 43.2 Å². The average Bonchev–Trinajstić information content (AvgIpc) is 2.96. The predicted molar refractivity (Wildman–Crippen MR) is 106 cm³/mol. The number of hydrogen-bond donors (Lipinski definition) is 1. The highest BCUT2D eigenvalue weighted by Crippen LogP contribution is 2.14. The molecule has 1 aliphatic heterocycles. The summed E-state index contributed by atoms with van der Waals surface area (Å²) in [6.45, 7) is 6.42. The molecule has 1 saturated heterocycles. The van der Waals surface area contributed by atoms with E-state index in [1.54, 1.807) is 0 Å². The maximum Gasteiger partial charge on any atom is 0.193 e. The van der Waals surface area contributed by atoms with Gasteiger partial charge in [-0.1, -0.05) is 28.1 Å². The summed E-state index contributed by atoms with van der Waals surface area (Å²) < 4.78 is 6.54. The van der Waals surface area contributed by atoms with E-state index in [4.69, 9.17) is 9.73 Å². The van der Waals surface area contributed by atoms with Gasteiger partial charge in [0.2, 0.25) is 0 Å². The van der Waals surface area contributed by atoms with Crippen molar-refractivity contribution in [2.75, 3.05) is 33.4 Å². The molecule has 0 amide bonds. The van der Waals surface area contributed by atoms with E-state index in [1.165, 1.54) is 5.56 Å². The second-order valence-electron chi connectivity index (χ2n) is 5.41. The Hall–Kier alpha value is -0.340. The van der Waals surface area contributed by atoms with E-state index >= 15 is 0 Å². The van der Waals surface area contributed by atoms with Gasteiger partial charge < -0.3 is 15.0 Å². The molecule has 0 bridgehead atoms. The lowest BCUT2D eigenvalue weighted by atomic mass is 10.1. The summed E-state index contributed by atoms with van der Waals surface area (Å²) in [6.07, 6.45) is 1.15. The lowest BCUT2D eigenvalue weighted by Gasteiger charge is -2.24. The highest BCUT2D eigenvalue weighted by Gasteiger charge is 2.18. The van der Waals surface area contributed by atoms with Gasteiger partial charge in [-0.3, -0.25) is 0 Å². The first-order chi connectivity index (χ1) is 10.2. The highest BCUT2D eigenvalue weighted by atomic mass is 127. The van der Waals surface area contributed by atoms with E-state index in [1.807, 2.05) is 12.1 Å². The predicted octanol–water partition coefficient (Wildman–Crippen LogP) is 3.50. The van der Waals surface area contributed by atoms with Crippen LogP contribution in [0.1, 0.15) is 18.9 Å². The molecule has 1 heterocycles. The van der Waals surface area contributed by atoms with Crippen LogP contribution in [-0.2, 0) is 11.3 Å². The van der Waals surface area contributed by atoms with Crippen LogP contribution in [-0.4, -0.2) is 44.2 Å². The van der Waals surface area contributed by atoms with Gasteiger partial charge in [-0.05, 0) is 31.0 Å². The number of halogens is 2. The standard InChI is InChI=1S/C16H24BrN3O.HI/c1-3-18-16(20(2)11-14-7-8-21-12-14)19-10-13-5-4-6-15(17)9-13;/h4-6,9,14H,3,7-8,10-12H2,1-2H3,(H,18,19);1H. The summed E-state index contributed by atoms with van der Waals surface area (Å²) in [5.74, 6) is 1.58. The lowest BCUT2D eigenvalue weighted by Crippen LogP contribution is -2.41. The summed E-state index contributed by atoms with van der Waals surface area (Å²) in [5, 5.41) is 3.36. The Labute approximate surface area is 158 Å². The fourth-order valence-corrected chi connectivity index (χ4v) is 2.92. The smallest absolute Gasteiger partial charge is 0.193 e. The molecule has 1 aromatic rings. The number of hydrogen-bond acceptors (Lipinski definition) is 2. The largest absolute Gasteiger partial charge is 0.381 e. The van der Waals surface area contributed by atoms with Crippen LogP contribution in [0.3, 0.4) is 0 Å². The molecule has 1 unspecified atom stereocenters. The van der Waals surface area contributed by atoms with Crippen LogP contribution in [0.5, 0.6) is 0 Å². The molecular formula is C16H25BrIN3O. The third-order valence-electron chi connectivity index (χ3n) is 3.55. The summed E-state index contributed by atoms with van der Waals surface area (Å²) in [4.78, 5) is 6.95. The third-order valence-corrected chi connectivity index (χ3v) is 4.05. The van der Waals surface area contributed by atoms with E-state index in [2.05, 4.69) is 52.3 Å². The normalized spacial score (nSPS) is 18.0. The fraction of sp³-hybridized carbons (Fsp3) is 0.562. The third kappa shape index (κ3) is 6.42. The quantitative estimate of drug-likeness (QED) is 0.397. The Bertz CT molecular complexity index is 478. The van der Waals surface area contributed by atoms with Gasteiger partial charge in [-0.25, -0.2) is 4.99 Å². The first-order valence-electron chi connectivity index (χ1n) is 7.50.